The van der Waals surface area contributed by atoms with Gasteiger partial charge in [-0.2, -0.15) is 5.10 Å². The molecule has 3 aromatic rings. The summed E-state index contributed by atoms with van der Waals surface area (Å²) in [5.74, 6) is 2.12. The van der Waals surface area contributed by atoms with Gasteiger partial charge in [0.25, 0.3) is 0 Å². The molecular weight excluding hydrogens is 278 g/mol. The van der Waals surface area contributed by atoms with Gasteiger partial charge in [0, 0.05) is 18.0 Å². The zero-order valence-electron chi connectivity index (χ0n) is 12.5. The van der Waals surface area contributed by atoms with Gasteiger partial charge in [-0.25, -0.2) is 15.0 Å². The number of hydrogen-bond acceptors (Lipinski definition) is 6. The number of hydrogen-bond donors (Lipinski definition) is 2. The van der Waals surface area contributed by atoms with E-state index < -0.39 is 0 Å². The molecule has 3 aromatic heterocycles. The summed E-state index contributed by atoms with van der Waals surface area (Å²) in [7, 11) is 0. The van der Waals surface area contributed by atoms with Gasteiger partial charge in [-0.3, -0.25) is 10.1 Å². The molecule has 2 N–H and O–H groups in total. The average Bonchev–Trinajstić information content (AvgIpc) is 3.10. The fourth-order valence-corrected chi connectivity index (χ4v) is 2.08. The maximum Gasteiger partial charge on any atom is 0.180 e. The SMILES string of the molecule is CCc1cc(NC(C)c2ncn[nH]2)nc(-c2ccccn2)n1. The van der Waals surface area contributed by atoms with E-state index in [1.165, 1.54) is 6.33 Å². The van der Waals surface area contributed by atoms with E-state index in [-0.39, 0.29) is 6.04 Å². The Labute approximate surface area is 128 Å². The van der Waals surface area contributed by atoms with Crippen molar-refractivity contribution in [1.29, 1.82) is 0 Å². The van der Waals surface area contributed by atoms with Crippen LogP contribution in [0.4, 0.5) is 5.82 Å². The first-order valence-corrected chi connectivity index (χ1v) is 7.17. The second-order valence-corrected chi connectivity index (χ2v) is 4.87. The van der Waals surface area contributed by atoms with Gasteiger partial charge in [0.1, 0.15) is 23.7 Å². The lowest BCUT2D eigenvalue weighted by molar-refractivity contribution is 0.788. The van der Waals surface area contributed by atoms with Gasteiger partial charge in [-0.1, -0.05) is 13.0 Å². The number of rotatable bonds is 5. The van der Waals surface area contributed by atoms with Crippen LogP contribution in [0.3, 0.4) is 0 Å². The summed E-state index contributed by atoms with van der Waals surface area (Å²) in [6.07, 6.45) is 4.06. The Bertz CT molecular complexity index is 725. The molecule has 0 fully saturated rings. The lowest BCUT2D eigenvalue weighted by atomic mass is 10.2. The average molecular weight is 295 g/mol. The van der Waals surface area contributed by atoms with Crippen molar-refractivity contribution in [3.63, 3.8) is 0 Å². The van der Waals surface area contributed by atoms with Gasteiger partial charge in [0.2, 0.25) is 0 Å². The number of nitrogens with zero attached hydrogens (tertiary/aromatic N) is 5. The molecule has 0 saturated carbocycles. The first kappa shape index (κ1) is 14.1. The smallest absolute Gasteiger partial charge is 0.180 e. The van der Waals surface area contributed by atoms with Crippen molar-refractivity contribution in [2.75, 3.05) is 5.32 Å². The highest BCUT2D eigenvalue weighted by Gasteiger charge is 2.12. The largest absolute Gasteiger partial charge is 0.360 e. The zero-order chi connectivity index (χ0) is 15.4. The molecule has 22 heavy (non-hydrogen) atoms. The fraction of sp³-hybridized carbons (Fsp3) is 0.267. The monoisotopic (exact) mass is 295 g/mol. The van der Waals surface area contributed by atoms with Gasteiger partial charge < -0.3 is 5.32 Å². The second kappa shape index (κ2) is 6.30. The van der Waals surface area contributed by atoms with E-state index in [0.29, 0.717) is 5.82 Å². The Morgan fingerprint density at radius 2 is 2.14 bits per heavy atom. The molecule has 0 aliphatic heterocycles. The molecule has 0 amide bonds. The molecule has 7 heteroatoms. The molecule has 112 valence electrons. The Hall–Kier alpha value is -2.83. The molecular formula is C15H17N7. The third-order valence-corrected chi connectivity index (χ3v) is 3.24. The molecule has 1 unspecified atom stereocenters. The third-order valence-electron chi connectivity index (χ3n) is 3.24. The number of anilines is 1. The van der Waals surface area contributed by atoms with Crippen LogP contribution < -0.4 is 5.32 Å². The predicted molar refractivity (Wildman–Crippen MR) is 83.1 cm³/mol. The Balaban J connectivity index is 1.91. The standard InChI is InChI=1S/C15H17N7/c1-3-11-8-13(19-10(2)14-17-9-18-22-14)21-15(20-11)12-6-4-5-7-16-12/h4-10H,3H2,1-2H3,(H,17,18,22)(H,19,20,21). The maximum atomic E-state index is 4.55. The molecule has 3 rings (SSSR count). The molecule has 0 bridgehead atoms. The van der Waals surface area contributed by atoms with Crippen LogP contribution in [0, 0.1) is 0 Å². The number of pyridine rings is 1. The quantitative estimate of drug-likeness (QED) is 0.751. The van der Waals surface area contributed by atoms with Crippen LogP contribution in [-0.2, 0) is 6.42 Å². The van der Waals surface area contributed by atoms with E-state index in [2.05, 4.69) is 42.4 Å². The van der Waals surface area contributed by atoms with Crippen molar-refractivity contribution < 1.29 is 0 Å². The first-order chi connectivity index (χ1) is 10.8. The topological polar surface area (TPSA) is 92.3 Å². The van der Waals surface area contributed by atoms with Gasteiger partial charge in [0.15, 0.2) is 5.82 Å². The summed E-state index contributed by atoms with van der Waals surface area (Å²) in [5.41, 5.74) is 1.72. The van der Waals surface area contributed by atoms with Crippen LogP contribution >= 0.6 is 0 Å². The van der Waals surface area contributed by atoms with E-state index in [0.717, 1.165) is 29.5 Å². The molecule has 0 aliphatic rings. The third kappa shape index (κ3) is 3.08. The molecule has 0 aliphatic carbocycles. The first-order valence-electron chi connectivity index (χ1n) is 7.17. The highest BCUT2D eigenvalue weighted by molar-refractivity contribution is 5.53. The molecule has 1 atom stereocenters. The van der Waals surface area contributed by atoms with Gasteiger partial charge in [-0.15, -0.1) is 0 Å². The van der Waals surface area contributed by atoms with Crippen molar-refractivity contribution >= 4 is 5.82 Å². The highest BCUT2D eigenvalue weighted by Crippen LogP contribution is 2.19. The lowest BCUT2D eigenvalue weighted by Gasteiger charge is -2.13. The van der Waals surface area contributed by atoms with Gasteiger partial charge in [0.05, 0.1) is 6.04 Å². The number of nitrogens with one attached hydrogen (secondary N) is 2. The van der Waals surface area contributed by atoms with E-state index >= 15 is 0 Å². The molecule has 0 aromatic carbocycles. The molecule has 0 saturated heterocycles. The van der Waals surface area contributed by atoms with Crippen molar-refractivity contribution in [1.82, 2.24) is 30.1 Å². The van der Waals surface area contributed by atoms with Crippen LogP contribution in [-0.4, -0.2) is 30.1 Å². The van der Waals surface area contributed by atoms with E-state index in [9.17, 15) is 0 Å². The Morgan fingerprint density at radius 3 is 2.82 bits per heavy atom. The van der Waals surface area contributed by atoms with Crippen molar-refractivity contribution in [3.05, 3.63) is 48.3 Å². The maximum absolute atomic E-state index is 4.55. The van der Waals surface area contributed by atoms with E-state index in [1.54, 1.807) is 6.20 Å². The lowest BCUT2D eigenvalue weighted by Crippen LogP contribution is -2.11. The predicted octanol–water partition coefficient (Wildman–Crippen LogP) is 2.39. The Kier molecular flexibility index (Phi) is 4.04. The minimum absolute atomic E-state index is 0.0290. The van der Waals surface area contributed by atoms with Crippen molar-refractivity contribution in [3.8, 4) is 11.5 Å². The summed E-state index contributed by atoms with van der Waals surface area (Å²) in [6, 6.07) is 7.61. The van der Waals surface area contributed by atoms with Crippen LogP contribution in [0.15, 0.2) is 36.8 Å². The molecule has 7 nitrogen and oxygen atoms in total. The van der Waals surface area contributed by atoms with Crippen molar-refractivity contribution in [2.45, 2.75) is 26.3 Å². The summed E-state index contributed by atoms with van der Waals surface area (Å²) in [4.78, 5) is 17.6. The van der Waals surface area contributed by atoms with E-state index in [1.807, 2.05) is 31.2 Å². The Morgan fingerprint density at radius 1 is 1.23 bits per heavy atom. The summed E-state index contributed by atoms with van der Waals surface area (Å²) >= 11 is 0. The molecule has 3 heterocycles. The minimum atomic E-state index is -0.0290. The van der Waals surface area contributed by atoms with Gasteiger partial charge in [-0.05, 0) is 25.5 Å². The molecule has 0 spiro atoms. The second-order valence-electron chi connectivity index (χ2n) is 4.87. The van der Waals surface area contributed by atoms with E-state index in [4.69, 9.17) is 0 Å². The van der Waals surface area contributed by atoms with Crippen molar-refractivity contribution in [2.24, 2.45) is 0 Å². The van der Waals surface area contributed by atoms with Crippen LogP contribution in [0.5, 0.6) is 0 Å². The van der Waals surface area contributed by atoms with Crippen LogP contribution in [0.2, 0.25) is 0 Å². The van der Waals surface area contributed by atoms with Crippen LogP contribution in [0.25, 0.3) is 11.5 Å². The number of H-pyrrole nitrogens is 1. The summed E-state index contributed by atoms with van der Waals surface area (Å²) in [6.45, 7) is 4.06. The van der Waals surface area contributed by atoms with Gasteiger partial charge >= 0.3 is 0 Å². The zero-order valence-corrected chi connectivity index (χ0v) is 12.5. The van der Waals surface area contributed by atoms with Crippen LogP contribution in [0.1, 0.15) is 31.4 Å². The summed E-state index contributed by atoms with van der Waals surface area (Å²) < 4.78 is 0. The number of aryl methyl sites for hydroxylation is 1. The highest BCUT2D eigenvalue weighted by atomic mass is 15.2. The number of aromatic nitrogens is 6. The minimum Gasteiger partial charge on any atom is -0.360 e. The molecule has 0 radical (unpaired) electrons. The fourth-order valence-electron chi connectivity index (χ4n) is 2.08. The summed E-state index contributed by atoms with van der Waals surface area (Å²) in [5, 5.41) is 10.0. The normalized spacial score (nSPS) is 12.1. The number of aromatic amines is 1.